The van der Waals surface area contributed by atoms with Crippen molar-refractivity contribution in [3.63, 3.8) is 0 Å². The van der Waals surface area contributed by atoms with Crippen LogP contribution in [-0.2, 0) is 14.9 Å². The predicted molar refractivity (Wildman–Crippen MR) is 173 cm³/mol. The van der Waals surface area contributed by atoms with Gasteiger partial charge in [0.2, 0.25) is 0 Å². The fourth-order valence-corrected chi connectivity index (χ4v) is 4.20. The lowest BCUT2D eigenvalue weighted by atomic mass is 9.86. The van der Waals surface area contributed by atoms with E-state index in [1.807, 2.05) is 27.7 Å². The Morgan fingerprint density at radius 2 is 1.18 bits per heavy atom. The van der Waals surface area contributed by atoms with Crippen LogP contribution >= 0.6 is 0 Å². The minimum absolute atomic E-state index is 0.344. The number of carbonyl (C=O) groups excluding carboxylic acids is 3. The molecule has 0 N–H and O–H groups in total. The minimum atomic E-state index is -0.510. The molecule has 0 spiro atoms. The molecular weight excluding hydrogens is 572 g/mol. The summed E-state index contributed by atoms with van der Waals surface area (Å²) in [5, 5.41) is 0. The Labute approximate surface area is 266 Å². The van der Waals surface area contributed by atoms with Crippen LogP contribution in [0.25, 0.3) is 0 Å². The number of unbranched alkanes of at least 4 members (excludes halogenated alkanes) is 3. The Balaban J connectivity index is 1.52. The van der Waals surface area contributed by atoms with Crippen LogP contribution in [0.5, 0.6) is 23.0 Å². The molecule has 3 rings (SSSR count). The van der Waals surface area contributed by atoms with Gasteiger partial charge in [0, 0.05) is 11.1 Å². The van der Waals surface area contributed by atoms with Crippen LogP contribution in [0.3, 0.4) is 0 Å². The quantitative estimate of drug-likeness (QED) is 0.0687. The molecule has 240 valence electrons. The summed E-state index contributed by atoms with van der Waals surface area (Å²) in [4.78, 5) is 37.2. The van der Waals surface area contributed by atoms with Gasteiger partial charge in [-0.15, -0.1) is 0 Å². The fourth-order valence-electron chi connectivity index (χ4n) is 4.20. The number of carbonyl (C=O) groups is 3. The summed E-state index contributed by atoms with van der Waals surface area (Å²) in [6.45, 7) is 14.7. The van der Waals surface area contributed by atoms with E-state index in [1.165, 1.54) is 0 Å². The molecule has 0 saturated heterocycles. The molecule has 0 bridgehead atoms. The molecule has 0 aliphatic heterocycles. The van der Waals surface area contributed by atoms with Crippen LogP contribution < -0.4 is 18.9 Å². The first kappa shape index (κ1) is 34.9. The van der Waals surface area contributed by atoms with Crippen LogP contribution in [-0.4, -0.2) is 37.7 Å². The van der Waals surface area contributed by atoms with Gasteiger partial charge in [-0.05, 0) is 111 Å². The molecule has 0 radical (unpaired) electrons. The largest absolute Gasteiger partial charge is 0.494 e. The number of benzene rings is 3. The van der Waals surface area contributed by atoms with Gasteiger partial charge >= 0.3 is 17.9 Å². The number of rotatable bonds is 16. The second-order valence-electron chi connectivity index (χ2n) is 11.8. The molecule has 0 heterocycles. The van der Waals surface area contributed by atoms with E-state index in [1.54, 1.807) is 73.7 Å². The highest BCUT2D eigenvalue weighted by Gasteiger charge is 2.23. The molecule has 8 nitrogen and oxygen atoms in total. The van der Waals surface area contributed by atoms with E-state index >= 15 is 0 Å². The van der Waals surface area contributed by atoms with Crippen molar-refractivity contribution in [2.75, 3.05) is 19.8 Å². The van der Waals surface area contributed by atoms with Crippen LogP contribution in [0.2, 0.25) is 0 Å². The summed E-state index contributed by atoms with van der Waals surface area (Å²) in [7, 11) is 0. The number of esters is 3. The second-order valence-corrected chi connectivity index (χ2v) is 11.8. The molecule has 0 aliphatic carbocycles. The summed E-state index contributed by atoms with van der Waals surface area (Å²) in [5.74, 6) is 0.739. The highest BCUT2D eigenvalue weighted by molar-refractivity contribution is 5.92. The Hall–Kier alpha value is -4.59. The fraction of sp³-hybridized carbons (Fsp3) is 0.378. The zero-order valence-electron chi connectivity index (χ0n) is 27.0. The van der Waals surface area contributed by atoms with Crippen LogP contribution in [0, 0.1) is 0 Å². The van der Waals surface area contributed by atoms with E-state index in [4.69, 9.17) is 23.7 Å². The normalized spacial score (nSPS) is 11.0. The van der Waals surface area contributed by atoms with Gasteiger partial charge in [-0.25, -0.2) is 14.4 Å². The topological polar surface area (TPSA) is 97.4 Å². The zero-order valence-corrected chi connectivity index (χ0v) is 27.0. The van der Waals surface area contributed by atoms with Crippen molar-refractivity contribution in [1.82, 2.24) is 0 Å². The van der Waals surface area contributed by atoms with Gasteiger partial charge in [0.25, 0.3) is 0 Å². The summed E-state index contributed by atoms with van der Waals surface area (Å²) in [6.07, 6.45) is 4.44. The maximum Gasteiger partial charge on any atom is 0.343 e. The van der Waals surface area contributed by atoms with E-state index in [0.29, 0.717) is 59.5 Å². The third kappa shape index (κ3) is 11.4. The lowest BCUT2D eigenvalue weighted by Crippen LogP contribution is -2.17. The Morgan fingerprint density at radius 3 is 1.71 bits per heavy atom. The molecule has 0 saturated carbocycles. The molecule has 0 aliphatic rings. The predicted octanol–water partition coefficient (Wildman–Crippen LogP) is 8.27. The van der Waals surface area contributed by atoms with Crippen molar-refractivity contribution in [2.24, 2.45) is 0 Å². The molecule has 0 amide bonds. The van der Waals surface area contributed by atoms with E-state index in [9.17, 15) is 14.4 Å². The monoisotopic (exact) mass is 616 g/mol. The van der Waals surface area contributed by atoms with Gasteiger partial charge < -0.3 is 23.7 Å². The van der Waals surface area contributed by atoms with E-state index in [-0.39, 0.29) is 5.97 Å². The van der Waals surface area contributed by atoms with Crippen molar-refractivity contribution in [3.8, 4) is 23.0 Å². The maximum absolute atomic E-state index is 12.9. The first-order chi connectivity index (χ1) is 21.5. The molecule has 3 aromatic carbocycles. The third-order valence-electron chi connectivity index (χ3n) is 6.71. The summed E-state index contributed by atoms with van der Waals surface area (Å²) in [6, 6.07) is 18.6. The molecule has 0 unspecified atom stereocenters. The van der Waals surface area contributed by atoms with Crippen molar-refractivity contribution < 1.29 is 38.1 Å². The SMILES string of the molecule is C=C(C)C(=O)OCCCCCCOc1ccc(C(=O)Oc2ccc(OC(=O)c3ccc(OCCC)cc3)c(C(C)(C)C)c2)cc1. The lowest BCUT2D eigenvalue weighted by molar-refractivity contribution is -0.139. The zero-order chi connectivity index (χ0) is 32.8. The maximum atomic E-state index is 12.9. The molecule has 8 heteroatoms. The number of hydrogen-bond acceptors (Lipinski definition) is 8. The summed E-state index contributed by atoms with van der Waals surface area (Å²) in [5.41, 5.74) is 1.52. The Morgan fingerprint density at radius 1 is 0.667 bits per heavy atom. The molecule has 45 heavy (non-hydrogen) atoms. The van der Waals surface area contributed by atoms with Crippen molar-refractivity contribution in [1.29, 1.82) is 0 Å². The number of hydrogen-bond donors (Lipinski definition) is 0. The first-order valence-electron chi connectivity index (χ1n) is 15.3. The Bertz CT molecular complexity index is 1430. The van der Waals surface area contributed by atoms with E-state index < -0.39 is 17.4 Å². The van der Waals surface area contributed by atoms with Crippen molar-refractivity contribution >= 4 is 17.9 Å². The number of ether oxygens (including phenoxy) is 5. The molecule has 0 atom stereocenters. The standard InChI is InChI=1S/C37H44O8/c1-7-22-41-29-16-14-28(15-17-29)36(40)45-33-21-20-31(25-32(33)37(4,5)6)44-35(39)27-12-18-30(19-13-27)42-23-10-8-9-11-24-43-34(38)26(2)3/h12-21,25H,2,7-11,22-24H2,1,3-6H3. The second kappa shape index (κ2) is 17.0. The van der Waals surface area contributed by atoms with Gasteiger partial charge in [-0.3, -0.25) is 0 Å². The van der Waals surface area contributed by atoms with Crippen LogP contribution in [0.1, 0.15) is 93.0 Å². The van der Waals surface area contributed by atoms with Gasteiger partial charge in [0.05, 0.1) is 30.9 Å². The van der Waals surface area contributed by atoms with E-state index in [2.05, 4.69) is 6.58 Å². The van der Waals surface area contributed by atoms with Gasteiger partial charge in [0.15, 0.2) is 0 Å². The van der Waals surface area contributed by atoms with Gasteiger partial charge in [-0.2, -0.15) is 0 Å². The average Bonchev–Trinajstić information content (AvgIpc) is 3.01. The van der Waals surface area contributed by atoms with E-state index in [0.717, 1.165) is 37.7 Å². The first-order valence-corrected chi connectivity index (χ1v) is 15.3. The summed E-state index contributed by atoms with van der Waals surface area (Å²) >= 11 is 0. The smallest absolute Gasteiger partial charge is 0.343 e. The third-order valence-corrected chi connectivity index (χ3v) is 6.71. The van der Waals surface area contributed by atoms with Crippen LogP contribution in [0.4, 0.5) is 0 Å². The highest BCUT2D eigenvalue weighted by Crippen LogP contribution is 2.35. The summed E-state index contributed by atoms with van der Waals surface area (Å²) < 4.78 is 27.9. The molecule has 3 aromatic rings. The Kier molecular flexibility index (Phi) is 13.2. The van der Waals surface area contributed by atoms with Gasteiger partial charge in [0.1, 0.15) is 23.0 Å². The van der Waals surface area contributed by atoms with Crippen molar-refractivity contribution in [3.05, 3.63) is 95.6 Å². The average molecular weight is 617 g/mol. The minimum Gasteiger partial charge on any atom is -0.494 e. The highest BCUT2D eigenvalue weighted by atomic mass is 16.5. The lowest BCUT2D eigenvalue weighted by Gasteiger charge is -2.23. The molecular formula is C37H44O8. The molecule has 0 aromatic heterocycles. The van der Waals surface area contributed by atoms with Crippen LogP contribution in [0.15, 0.2) is 78.9 Å². The molecule has 0 fully saturated rings. The van der Waals surface area contributed by atoms with Crippen molar-refractivity contribution in [2.45, 2.75) is 72.1 Å². The van der Waals surface area contributed by atoms with Gasteiger partial charge in [-0.1, -0.05) is 34.3 Å².